The van der Waals surface area contributed by atoms with Gasteiger partial charge in [-0.15, -0.1) is 11.8 Å². The zero-order valence-corrected chi connectivity index (χ0v) is 16.2. The zero-order valence-electron chi connectivity index (χ0n) is 15.4. The number of nitrogens with zero attached hydrogens (tertiary/aromatic N) is 2. The Bertz CT molecular complexity index is 920. The van der Waals surface area contributed by atoms with E-state index in [0.717, 1.165) is 28.9 Å². The van der Waals surface area contributed by atoms with Crippen LogP contribution in [0.1, 0.15) is 17.2 Å². The first-order chi connectivity index (χ1) is 13.8. The van der Waals surface area contributed by atoms with Crippen molar-refractivity contribution in [3.8, 4) is 11.1 Å². The van der Waals surface area contributed by atoms with E-state index in [1.807, 2.05) is 30.3 Å². The Morgan fingerprint density at radius 2 is 1.79 bits per heavy atom. The van der Waals surface area contributed by atoms with Crippen molar-refractivity contribution in [1.29, 1.82) is 0 Å². The molecule has 1 saturated heterocycles. The van der Waals surface area contributed by atoms with E-state index in [1.54, 1.807) is 30.2 Å². The smallest absolute Gasteiger partial charge is 0.237 e. The van der Waals surface area contributed by atoms with Crippen LogP contribution in [0.25, 0.3) is 11.1 Å². The van der Waals surface area contributed by atoms with Crippen LogP contribution in [0.3, 0.4) is 0 Å². The molecule has 0 radical (unpaired) electrons. The van der Waals surface area contributed by atoms with Gasteiger partial charge in [0.15, 0.2) is 0 Å². The third-order valence-electron chi connectivity index (χ3n) is 4.70. The van der Waals surface area contributed by atoms with Crippen molar-refractivity contribution in [2.45, 2.75) is 17.7 Å². The third-order valence-corrected chi connectivity index (χ3v) is 6.00. The highest BCUT2D eigenvalue weighted by atomic mass is 32.2. The molecule has 0 spiro atoms. The van der Waals surface area contributed by atoms with Crippen LogP contribution < -0.4 is 10.6 Å². The van der Waals surface area contributed by atoms with Gasteiger partial charge in [-0.05, 0) is 41.0 Å². The maximum Gasteiger partial charge on any atom is 0.237 e. The van der Waals surface area contributed by atoms with Crippen LogP contribution in [0.15, 0.2) is 73.1 Å². The van der Waals surface area contributed by atoms with Crippen LogP contribution in [0.2, 0.25) is 0 Å². The average Bonchev–Trinajstić information content (AvgIpc) is 2.95. The molecule has 1 aromatic heterocycles. The lowest BCUT2D eigenvalue weighted by molar-refractivity contribution is -0.121. The van der Waals surface area contributed by atoms with E-state index in [4.69, 9.17) is 0 Å². The maximum atomic E-state index is 12.9. The average molecular weight is 391 g/mol. The number of anilines is 1. The van der Waals surface area contributed by atoms with Gasteiger partial charge in [-0.3, -0.25) is 4.79 Å². The highest BCUT2D eigenvalue weighted by molar-refractivity contribution is 8.00. The predicted molar refractivity (Wildman–Crippen MR) is 114 cm³/mol. The first-order valence-corrected chi connectivity index (χ1v) is 10.4. The number of thioether (sulfide) groups is 1. The molecule has 2 heterocycles. The largest absolute Gasteiger partial charge is 0.352 e. The standard InChI is InChI=1S/C22H22N4OS/c27-21-20(18-9-4-8-17(14-18)16-6-2-1-3-7-16)28-13-10-19(26-21)15-25-22-23-11-5-12-24-22/h1-9,11-12,14,19-20H,10,13,15H2,(H,26,27)(H,23,24,25)/t19-,20+/m0/s1. The van der Waals surface area contributed by atoms with Crippen LogP contribution in [0.5, 0.6) is 0 Å². The summed E-state index contributed by atoms with van der Waals surface area (Å²) < 4.78 is 0. The Morgan fingerprint density at radius 1 is 1.00 bits per heavy atom. The Morgan fingerprint density at radius 3 is 2.61 bits per heavy atom. The van der Waals surface area contributed by atoms with Gasteiger partial charge in [0.25, 0.3) is 0 Å². The lowest BCUT2D eigenvalue weighted by atomic mass is 10.0. The minimum atomic E-state index is -0.193. The van der Waals surface area contributed by atoms with Gasteiger partial charge in [-0.2, -0.15) is 0 Å². The molecule has 28 heavy (non-hydrogen) atoms. The summed E-state index contributed by atoms with van der Waals surface area (Å²) in [5.41, 5.74) is 3.34. The first kappa shape index (κ1) is 18.5. The summed E-state index contributed by atoms with van der Waals surface area (Å²) in [6.45, 7) is 0.618. The lowest BCUT2D eigenvalue weighted by Gasteiger charge is -2.18. The van der Waals surface area contributed by atoms with Crippen molar-refractivity contribution in [2.24, 2.45) is 0 Å². The van der Waals surface area contributed by atoms with Gasteiger partial charge in [-0.1, -0.05) is 48.5 Å². The lowest BCUT2D eigenvalue weighted by Crippen LogP contribution is -2.40. The van der Waals surface area contributed by atoms with Gasteiger partial charge in [-0.25, -0.2) is 9.97 Å². The molecule has 142 valence electrons. The Balaban J connectivity index is 1.44. The topological polar surface area (TPSA) is 66.9 Å². The molecule has 0 aliphatic carbocycles. The second kappa shape index (κ2) is 8.89. The van der Waals surface area contributed by atoms with E-state index in [0.29, 0.717) is 12.5 Å². The van der Waals surface area contributed by atoms with Crippen LogP contribution in [-0.2, 0) is 4.79 Å². The third kappa shape index (κ3) is 4.51. The minimum Gasteiger partial charge on any atom is -0.352 e. The number of amides is 1. The quantitative estimate of drug-likeness (QED) is 0.691. The molecule has 2 N–H and O–H groups in total. The van der Waals surface area contributed by atoms with Crippen molar-refractivity contribution in [3.63, 3.8) is 0 Å². The number of benzene rings is 2. The number of carbonyl (C=O) groups excluding carboxylic acids is 1. The number of hydrogen-bond acceptors (Lipinski definition) is 5. The number of aromatic nitrogens is 2. The Labute approximate surface area is 169 Å². The molecule has 6 heteroatoms. The number of carbonyl (C=O) groups is 1. The molecule has 0 unspecified atom stereocenters. The van der Waals surface area contributed by atoms with Crippen LogP contribution >= 0.6 is 11.8 Å². The summed E-state index contributed by atoms with van der Waals surface area (Å²) in [6.07, 6.45) is 4.31. The molecule has 1 aliphatic heterocycles. The van der Waals surface area contributed by atoms with E-state index in [9.17, 15) is 4.79 Å². The van der Waals surface area contributed by atoms with Crippen molar-refractivity contribution in [2.75, 3.05) is 17.6 Å². The van der Waals surface area contributed by atoms with Crippen molar-refractivity contribution >= 4 is 23.6 Å². The summed E-state index contributed by atoms with van der Waals surface area (Å²) in [5, 5.41) is 6.19. The van der Waals surface area contributed by atoms with E-state index in [2.05, 4.69) is 44.9 Å². The fourth-order valence-electron chi connectivity index (χ4n) is 3.27. The highest BCUT2D eigenvalue weighted by Gasteiger charge is 2.27. The second-order valence-electron chi connectivity index (χ2n) is 6.69. The molecular formula is C22H22N4OS. The van der Waals surface area contributed by atoms with Crippen LogP contribution in [0.4, 0.5) is 5.95 Å². The molecule has 0 saturated carbocycles. The van der Waals surface area contributed by atoms with Crippen molar-refractivity contribution in [3.05, 3.63) is 78.6 Å². The molecule has 4 rings (SSSR count). The normalized spacial score (nSPS) is 19.5. The predicted octanol–water partition coefficient (Wildman–Crippen LogP) is 3.92. The summed E-state index contributed by atoms with van der Waals surface area (Å²) in [5.74, 6) is 1.57. The van der Waals surface area contributed by atoms with E-state index >= 15 is 0 Å². The van der Waals surface area contributed by atoms with E-state index < -0.39 is 0 Å². The second-order valence-corrected chi connectivity index (χ2v) is 7.90. The fraction of sp³-hybridized carbons (Fsp3) is 0.227. The molecule has 1 fully saturated rings. The molecule has 0 bridgehead atoms. The van der Waals surface area contributed by atoms with Gasteiger partial charge in [0.1, 0.15) is 5.25 Å². The Hall–Kier alpha value is -2.86. The van der Waals surface area contributed by atoms with Crippen LogP contribution in [0, 0.1) is 0 Å². The molecule has 3 aromatic rings. The minimum absolute atomic E-state index is 0.0612. The SMILES string of the molecule is O=C1N[C@H](CNc2ncccn2)CCS[C@@H]1c1cccc(-c2ccccc2)c1. The van der Waals surface area contributed by atoms with Gasteiger partial charge in [0.05, 0.1) is 0 Å². The van der Waals surface area contributed by atoms with Crippen LogP contribution in [-0.4, -0.2) is 34.2 Å². The summed E-state index contributed by atoms with van der Waals surface area (Å²) in [6, 6.07) is 20.4. The molecule has 2 aromatic carbocycles. The molecular weight excluding hydrogens is 368 g/mol. The molecule has 5 nitrogen and oxygen atoms in total. The summed E-state index contributed by atoms with van der Waals surface area (Å²) >= 11 is 1.70. The number of hydrogen-bond donors (Lipinski definition) is 2. The van der Waals surface area contributed by atoms with E-state index in [1.165, 1.54) is 0 Å². The Kier molecular flexibility index (Phi) is 5.87. The first-order valence-electron chi connectivity index (χ1n) is 9.38. The van der Waals surface area contributed by atoms with Crippen molar-refractivity contribution in [1.82, 2.24) is 15.3 Å². The molecule has 1 aliphatic rings. The monoisotopic (exact) mass is 390 g/mol. The molecule has 2 atom stereocenters. The maximum absolute atomic E-state index is 12.9. The summed E-state index contributed by atoms with van der Waals surface area (Å²) in [7, 11) is 0. The fourth-order valence-corrected chi connectivity index (χ4v) is 4.49. The van der Waals surface area contributed by atoms with E-state index in [-0.39, 0.29) is 17.2 Å². The van der Waals surface area contributed by atoms with Gasteiger partial charge < -0.3 is 10.6 Å². The van der Waals surface area contributed by atoms with Gasteiger partial charge in [0.2, 0.25) is 11.9 Å². The van der Waals surface area contributed by atoms with Gasteiger partial charge >= 0.3 is 0 Å². The highest BCUT2D eigenvalue weighted by Crippen LogP contribution is 2.34. The molecule has 1 amide bonds. The summed E-state index contributed by atoms with van der Waals surface area (Å²) in [4.78, 5) is 21.2. The number of nitrogens with one attached hydrogen (secondary N) is 2. The number of rotatable bonds is 5. The van der Waals surface area contributed by atoms with Gasteiger partial charge in [0, 0.05) is 25.0 Å². The zero-order chi connectivity index (χ0) is 19.2. The van der Waals surface area contributed by atoms with Crippen molar-refractivity contribution < 1.29 is 4.79 Å².